The van der Waals surface area contributed by atoms with Gasteiger partial charge in [0.25, 0.3) is 5.56 Å². The van der Waals surface area contributed by atoms with E-state index in [-0.39, 0.29) is 5.56 Å². The zero-order chi connectivity index (χ0) is 11.8. The number of hydrogen-bond acceptors (Lipinski definition) is 4. The molecule has 3 nitrogen and oxygen atoms in total. The molecule has 0 N–H and O–H groups in total. The van der Waals surface area contributed by atoms with E-state index in [1.54, 1.807) is 22.2 Å². The molecular weight excluding hydrogens is 320 g/mol. The van der Waals surface area contributed by atoms with E-state index in [0.717, 1.165) is 18.9 Å². The summed E-state index contributed by atoms with van der Waals surface area (Å²) in [6.45, 7) is 0.579. The van der Waals surface area contributed by atoms with E-state index in [1.807, 2.05) is 23.6 Å². The molecule has 0 aromatic carbocycles. The van der Waals surface area contributed by atoms with Crippen molar-refractivity contribution in [3.8, 4) is 0 Å². The summed E-state index contributed by atoms with van der Waals surface area (Å²) in [5.41, 5.74) is 0.818. The lowest BCUT2D eigenvalue weighted by Crippen LogP contribution is -2.19. The Kier molecular flexibility index (Phi) is 2.85. The molecule has 0 saturated carbocycles. The number of fused-ring (bicyclic) bond motifs is 1. The van der Waals surface area contributed by atoms with Crippen LogP contribution in [0.15, 0.2) is 38.5 Å². The van der Waals surface area contributed by atoms with Gasteiger partial charge < -0.3 is 0 Å². The Balaban J connectivity index is 2.06. The maximum Gasteiger partial charge on any atom is 0.271 e. The van der Waals surface area contributed by atoms with Crippen LogP contribution >= 0.6 is 38.6 Å². The van der Waals surface area contributed by atoms with E-state index >= 15 is 0 Å². The highest BCUT2D eigenvalue weighted by Crippen LogP contribution is 2.22. The van der Waals surface area contributed by atoms with Crippen molar-refractivity contribution in [2.45, 2.75) is 6.54 Å². The molecule has 17 heavy (non-hydrogen) atoms. The van der Waals surface area contributed by atoms with Crippen LogP contribution in [0.5, 0.6) is 0 Å². The average Bonchev–Trinajstić information content (AvgIpc) is 2.92. The van der Waals surface area contributed by atoms with Crippen LogP contribution in [0.4, 0.5) is 0 Å². The Morgan fingerprint density at radius 1 is 1.35 bits per heavy atom. The summed E-state index contributed by atoms with van der Waals surface area (Å²) in [6, 6.07) is 5.87. The van der Waals surface area contributed by atoms with Crippen LogP contribution in [-0.4, -0.2) is 9.55 Å². The molecule has 0 aliphatic carbocycles. The van der Waals surface area contributed by atoms with Crippen molar-refractivity contribution in [2.75, 3.05) is 0 Å². The summed E-state index contributed by atoms with van der Waals surface area (Å²) in [4.78, 5) is 17.5. The quantitative estimate of drug-likeness (QED) is 0.724. The standard InChI is InChI=1S/C11H7BrN2OS2/c12-9-2-1-7(17-9)5-14-6-13-8-3-4-16-10(8)11(14)15/h1-4,6H,5H2. The highest BCUT2D eigenvalue weighted by molar-refractivity contribution is 9.11. The lowest BCUT2D eigenvalue weighted by atomic mass is 10.4. The van der Waals surface area contributed by atoms with E-state index in [1.165, 1.54) is 11.3 Å². The second-order valence-corrected chi connectivity index (χ2v) is 6.98. The summed E-state index contributed by atoms with van der Waals surface area (Å²) < 4.78 is 3.45. The van der Waals surface area contributed by atoms with Crippen molar-refractivity contribution in [1.29, 1.82) is 0 Å². The largest absolute Gasteiger partial charge is 0.293 e. The molecule has 3 rings (SSSR count). The summed E-state index contributed by atoms with van der Waals surface area (Å²) >= 11 is 6.49. The molecule has 0 radical (unpaired) electrons. The molecule has 0 fully saturated rings. The highest BCUT2D eigenvalue weighted by Gasteiger charge is 2.06. The predicted molar refractivity (Wildman–Crippen MR) is 75.0 cm³/mol. The van der Waals surface area contributed by atoms with Crippen LogP contribution in [0.25, 0.3) is 10.2 Å². The molecule has 0 saturated heterocycles. The predicted octanol–water partition coefficient (Wildman–Crippen LogP) is 3.33. The van der Waals surface area contributed by atoms with Gasteiger partial charge in [-0.3, -0.25) is 9.36 Å². The van der Waals surface area contributed by atoms with Gasteiger partial charge in [-0.25, -0.2) is 4.98 Å². The second-order valence-electron chi connectivity index (χ2n) is 3.52. The minimum Gasteiger partial charge on any atom is -0.293 e. The van der Waals surface area contributed by atoms with Crippen molar-refractivity contribution < 1.29 is 0 Å². The monoisotopic (exact) mass is 326 g/mol. The van der Waals surface area contributed by atoms with Crippen LogP contribution in [0.3, 0.4) is 0 Å². The third-order valence-corrected chi connectivity index (χ3v) is 4.89. The van der Waals surface area contributed by atoms with Crippen LogP contribution in [0, 0.1) is 0 Å². The van der Waals surface area contributed by atoms with Gasteiger partial charge in [0, 0.05) is 4.88 Å². The number of halogens is 1. The molecule has 0 amide bonds. The van der Waals surface area contributed by atoms with Gasteiger partial charge in [-0.1, -0.05) is 0 Å². The van der Waals surface area contributed by atoms with Crippen molar-refractivity contribution >= 4 is 48.8 Å². The molecule has 3 aromatic heterocycles. The third kappa shape index (κ3) is 2.08. The first-order chi connectivity index (χ1) is 8.24. The number of hydrogen-bond donors (Lipinski definition) is 0. The van der Waals surface area contributed by atoms with Gasteiger partial charge in [0.05, 0.1) is 22.2 Å². The lowest BCUT2D eigenvalue weighted by molar-refractivity contribution is 0.760. The smallest absolute Gasteiger partial charge is 0.271 e. The first-order valence-electron chi connectivity index (χ1n) is 4.91. The van der Waals surface area contributed by atoms with Gasteiger partial charge in [0.1, 0.15) is 4.70 Å². The second kappa shape index (κ2) is 4.36. The van der Waals surface area contributed by atoms with Gasteiger partial charge in [-0.05, 0) is 39.5 Å². The Labute approximate surface area is 113 Å². The summed E-state index contributed by atoms with van der Waals surface area (Å²) in [7, 11) is 0. The molecule has 6 heteroatoms. The maximum atomic E-state index is 12.1. The van der Waals surface area contributed by atoms with Gasteiger partial charge in [0.2, 0.25) is 0 Å². The number of rotatable bonds is 2. The van der Waals surface area contributed by atoms with E-state index in [4.69, 9.17) is 0 Å². The molecule has 86 valence electrons. The van der Waals surface area contributed by atoms with E-state index < -0.39 is 0 Å². The van der Waals surface area contributed by atoms with Gasteiger partial charge >= 0.3 is 0 Å². The van der Waals surface area contributed by atoms with Crippen molar-refractivity contribution in [2.24, 2.45) is 0 Å². The molecule has 0 aliphatic rings. The van der Waals surface area contributed by atoms with Crippen LogP contribution in [0.1, 0.15) is 4.88 Å². The van der Waals surface area contributed by atoms with E-state index in [0.29, 0.717) is 6.54 Å². The Hall–Kier alpha value is -0.980. The summed E-state index contributed by atoms with van der Waals surface area (Å²) in [5, 5.41) is 1.89. The van der Waals surface area contributed by atoms with Gasteiger partial charge in [-0.2, -0.15) is 0 Å². The topological polar surface area (TPSA) is 34.9 Å². The Bertz CT molecular complexity index is 728. The van der Waals surface area contributed by atoms with E-state index in [2.05, 4.69) is 20.9 Å². The molecule has 0 unspecified atom stereocenters. The minimum absolute atomic E-state index is 0.0366. The Morgan fingerprint density at radius 2 is 2.24 bits per heavy atom. The maximum absolute atomic E-state index is 12.1. The fraction of sp³-hybridized carbons (Fsp3) is 0.0909. The Morgan fingerprint density at radius 3 is 3.00 bits per heavy atom. The fourth-order valence-electron chi connectivity index (χ4n) is 1.60. The first kappa shape index (κ1) is 11.1. The zero-order valence-electron chi connectivity index (χ0n) is 8.59. The SMILES string of the molecule is O=c1c2sccc2ncn1Cc1ccc(Br)s1. The van der Waals surface area contributed by atoms with Crippen LogP contribution in [0.2, 0.25) is 0 Å². The number of thiophene rings is 2. The lowest BCUT2D eigenvalue weighted by Gasteiger charge is -2.02. The van der Waals surface area contributed by atoms with Gasteiger partial charge in [-0.15, -0.1) is 22.7 Å². The average molecular weight is 327 g/mol. The van der Waals surface area contributed by atoms with Crippen molar-refractivity contribution in [1.82, 2.24) is 9.55 Å². The molecule has 0 atom stereocenters. The zero-order valence-corrected chi connectivity index (χ0v) is 11.8. The van der Waals surface area contributed by atoms with Crippen LogP contribution < -0.4 is 5.56 Å². The van der Waals surface area contributed by atoms with Crippen LogP contribution in [-0.2, 0) is 6.54 Å². The molecule has 0 aliphatic heterocycles. The number of nitrogens with zero attached hydrogens (tertiary/aromatic N) is 2. The normalized spacial score (nSPS) is 11.1. The van der Waals surface area contributed by atoms with Gasteiger partial charge in [0.15, 0.2) is 0 Å². The van der Waals surface area contributed by atoms with Crippen molar-refractivity contribution in [3.63, 3.8) is 0 Å². The molecule has 0 spiro atoms. The summed E-state index contributed by atoms with van der Waals surface area (Å²) in [6.07, 6.45) is 1.62. The fourth-order valence-corrected chi connectivity index (χ4v) is 3.87. The number of aromatic nitrogens is 2. The molecular formula is C11H7BrN2OS2. The minimum atomic E-state index is 0.0366. The third-order valence-electron chi connectivity index (χ3n) is 2.39. The first-order valence-corrected chi connectivity index (χ1v) is 7.40. The molecule has 3 aromatic rings. The van der Waals surface area contributed by atoms with Crippen molar-refractivity contribution in [3.05, 3.63) is 48.9 Å². The summed E-state index contributed by atoms with van der Waals surface area (Å²) in [5.74, 6) is 0. The van der Waals surface area contributed by atoms with E-state index in [9.17, 15) is 4.79 Å². The molecule has 0 bridgehead atoms. The molecule has 3 heterocycles. The highest BCUT2D eigenvalue weighted by atomic mass is 79.9.